The number of carbonyl (C=O) groups excluding carboxylic acids is 1. The van der Waals surface area contributed by atoms with Crippen LogP contribution >= 0.6 is 11.6 Å². The van der Waals surface area contributed by atoms with Gasteiger partial charge in [0.1, 0.15) is 0 Å². The van der Waals surface area contributed by atoms with Gasteiger partial charge in [0.2, 0.25) is 0 Å². The van der Waals surface area contributed by atoms with Crippen molar-refractivity contribution in [1.29, 1.82) is 0 Å². The van der Waals surface area contributed by atoms with E-state index in [1.807, 2.05) is 0 Å². The summed E-state index contributed by atoms with van der Waals surface area (Å²) in [6, 6.07) is 1.43. The lowest BCUT2D eigenvalue weighted by molar-refractivity contribution is -0.216. The number of hydrogen-bond donors (Lipinski definition) is 0. The lowest BCUT2D eigenvalue weighted by Gasteiger charge is -1.98. The molecule has 0 saturated carbocycles. The van der Waals surface area contributed by atoms with Gasteiger partial charge in [0.05, 0.1) is 18.3 Å². The Bertz CT molecular complexity index is 292. The summed E-state index contributed by atoms with van der Waals surface area (Å²) >= 11 is 5.60. The molecule has 1 aromatic rings. The number of aromatic nitrogens is 2. The SMILES string of the molecule is COOC(=O)c1nnccc1Cl. The van der Waals surface area contributed by atoms with Crippen LogP contribution in [-0.4, -0.2) is 23.3 Å². The van der Waals surface area contributed by atoms with Crippen molar-refractivity contribution in [3.05, 3.63) is 23.0 Å². The molecule has 1 rings (SSSR count). The van der Waals surface area contributed by atoms with E-state index in [-0.39, 0.29) is 10.7 Å². The molecule has 64 valence electrons. The van der Waals surface area contributed by atoms with Crippen LogP contribution in [0.5, 0.6) is 0 Å². The molecule has 0 atom stereocenters. The van der Waals surface area contributed by atoms with Gasteiger partial charge in [-0.3, -0.25) is 4.89 Å². The second kappa shape index (κ2) is 3.99. The molecule has 0 spiro atoms. The molecule has 5 nitrogen and oxygen atoms in total. The van der Waals surface area contributed by atoms with Gasteiger partial charge in [0.15, 0.2) is 5.69 Å². The maximum atomic E-state index is 10.9. The van der Waals surface area contributed by atoms with Gasteiger partial charge in [0.25, 0.3) is 0 Å². The predicted molar refractivity (Wildman–Crippen MR) is 39.5 cm³/mol. The zero-order valence-electron chi connectivity index (χ0n) is 6.15. The minimum absolute atomic E-state index is 0.0685. The summed E-state index contributed by atoms with van der Waals surface area (Å²) in [5, 5.41) is 7.09. The van der Waals surface area contributed by atoms with E-state index in [4.69, 9.17) is 11.6 Å². The molecule has 0 aromatic carbocycles. The Labute approximate surface area is 73.2 Å². The van der Waals surface area contributed by atoms with Crippen LogP contribution in [0, 0.1) is 0 Å². The molecular formula is C6H5ClN2O3. The molecule has 0 fully saturated rings. The van der Waals surface area contributed by atoms with Crippen molar-refractivity contribution in [1.82, 2.24) is 10.2 Å². The number of nitrogens with zero attached hydrogens (tertiary/aromatic N) is 2. The molecule has 0 unspecified atom stereocenters. The highest BCUT2D eigenvalue weighted by Gasteiger charge is 2.13. The Balaban J connectivity index is 2.87. The van der Waals surface area contributed by atoms with Crippen LogP contribution in [0.1, 0.15) is 10.5 Å². The van der Waals surface area contributed by atoms with Gasteiger partial charge in [-0.25, -0.2) is 4.79 Å². The molecule has 0 radical (unpaired) electrons. The van der Waals surface area contributed by atoms with Crippen LogP contribution in [0.3, 0.4) is 0 Å². The smallest absolute Gasteiger partial charge is 0.291 e. The van der Waals surface area contributed by atoms with E-state index >= 15 is 0 Å². The summed E-state index contributed by atoms with van der Waals surface area (Å²) in [6.45, 7) is 0. The second-order valence-electron chi connectivity index (χ2n) is 1.77. The first kappa shape index (κ1) is 8.89. The summed E-state index contributed by atoms with van der Waals surface area (Å²) in [4.78, 5) is 19.3. The molecule has 1 heterocycles. The van der Waals surface area contributed by atoms with E-state index in [0.717, 1.165) is 0 Å². The summed E-state index contributed by atoms with van der Waals surface area (Å²) in [7, 11) is 1.21. The van der Waals surface area contributed by atoms with Gasteiger partial charge >= 0.3 is 5.97 Å². The van der Waals surface area contributed by atoms with E-state index in [2.05, 4.69) is 20.0 Å². The highest BCUT2D eigenvalue weighted by molar-refractivity contribution is 6.33. The second-order valence-corrected chi connectivity index (χ2v) is 2.17. The number of carbonyl (C=O) groups is 1. The van der Waals surface area contributed by atoms with Crippen LogP contribution in [-0.2, 0) is 9.78 Å². The zero-order valence-corrected chi connectivity index (χ0v) is 6.91. The van der Waals surface area contributed by atoms with E-state index < -0.39 is 5.97 Å². The van der Waals surface area contributed by atoms with Crippen molar-refractivity contribution in [3.63, 3.8) is 0 Å². The van der Waals surface area contributed by atoms with Crippen LogP contribution in [0.25, 0.3) is 0 Å². The van der Waals surface area contributed by atoms with Crippen molar-refractivity contribution >= 4 is 17.6 Å². The van der Waals surface area contributed by atoms with Crippen LogP contribution in [0.4, 0.5) is 0 Å². The summed E-state index contributed by atoms with van der Waals surface area (Å²) in [6.07, 6.45) is 1.37. The van der Waals surface area contributed by atoms with Gasteiger partial charge in [-0.1, -0.05) is 11.6 Å². The van der Waals surface area contributed by atoms with Crippen LogP contribution in [0.2, 0.25) is 5.02 Å². The average molecular weight is 189 g/mol. The molecule has 0 amide bonds. The quantitative estimate of drug-likeness (QED) is 0.509. The Morgan fingerprint density at radius 2 is 2.42 bits per heavy atom. The Kier molecular flexibility index (Phi) is 2.95. The minimum atomic E-state index is -0.768. The third kappa shape index (κ3) is 1.90. The van der Waals surface area contributed by atoms with Crippen LogP contribution < -0.4 is 0 Å². The van der Waals surface area contributed by atoms with Gasteiger partial charge in [-0.05, 0) is 6.07 Å². The van der Waals surface area contributed by atoms with E-state index in [0.29, 0.717) is 0 Å². The Morgan fingerprint density at radius 1 is 1.67 bits per heavy atom. The normalized spacial score (nSPS) is 9.50. The first-order chi connectivity index (χ1) is 5.75. The fourth-order valence-corrected chi connectivity index (χ4v) is 0.741. The molecule has 1 aromatic heterocycles. The fourth-order valence-electron chi connectivity index (χ4n) is 0.570. The van der Waals surface area contributed by atoms with E-state index in [1.54, 1.807) is 0 Å². The predicted octanol–water partition coefficient (Wildman–Crippen LogP) is 0.848. The first-order valence-electron chi connectivity index (χ1n) is 2.98. The summed E-state index contributed by atoms with van der Waals surface area (Å²) in [5.41, 5.74) is -0.0685. The molecule has 0 saturated heterocycles. The summed E-state index contributed by atoms with van der Waals surface area (Å²) in [5.74, 6) is -0.768. The maximum absolute atomic E-state index is 10.9. The third-order valence-electron chi connectivity index (χ3n) is 1.02. The number of rotatable bonds is 2. The van der Waals surface area contributed by atoms with Gasteiger partial charge in [-0.2, -0.15) is 9.99 Å². The number of hydrogen-bond acceptors (Lipinski definition) is 5. The van der Waals surface area contributed by atoms with Crippen LogP contribution in [0.15, 0.2) is 12.3 Å². The first-order valence-corrected chi connectivity index (χ1v) is 3.35. The Hall–Kier alpha value is -1.20. The zero-order chi connectivity index (χ0) is 8.97. The van der Waals surface area contributed by atoms with Crippen molar-refractivity contribution in [2.24, 2.45) is 0 Å². The molecule has 0 N–H and O–H groups in total. The van der Waals surface area contributed by atoms with E-state index in [1.165, 1.54) is 19.4 Å². The standard InChI is InChI=1S/C6H5ClN2O3/c1-11-12-6(10)5-4(7)2-3-8-9-5/h2-3H,1H3. The van der Waals surface area contributed by atoms with Gasteiger partial charge in [0, 0.05) is 0 Å². The molecule has 0 aliphatic heterocycles. The van der Waals surface area contributed by atoms with Crippen molar-refractivity contribution in [2.45, 2.75) is 0 Å². The largest absolute Gasteiger partial charge is 0.394 e. The highest BCUT2D eigenvalue weighted by Crippen LogP contribution is 2.11. The molecule has 0 aliphatic carbocycles. The topological polar surface area (TPSA) is 61.3 Å². The Morgan fingerprint density at radius 3 is 3.00 bits per heavy atom. The third-order valence-corrected chi connectivity index (χ3v) is 1.33. The molecular weight excluding hydrogens is 184 g/mol. The molecule has 0 aliphatic rings. The van der Waals surface area contributed by atoms with Crippen molar-refractivity contribution in [2.75, 3.05) is 7.11 Å². The fraction of sp³-hybridized carbons (Fsp3) is 0.167. The monoisotopic (exact) mass is 188 g/mol. The molecule has 12 heavy (non-hydrogen) atoms. The lowest BCUT2D eigenvalue weighted by atomic mass is 10.4. The average Bonchev–Trinajstić information content (AvgIpc) is 2.05. The lowest BCUT2D eigenvalue weighted by Crippen LogP contribution is -2.07. The summed E-state index contributed by atoms with van der Waals surface area (Å²) < 4.78 is 0. The van der Waals surface area contributed by atoms with Gasteiger partial charge in [-0.15, -0.1) is 5.10 Å². The molecule has 6 heteroatoms. The van der Waals surface area contributed by atoms with Gasteiger partial charge < -0.3 is 0 Å². The number of halogens is 1. The maximum Gasteiger partial charge on any atom is 0.394 e. The van der Waals surface area contributed by atoms with Crippen molar-refractivity contribution < 1.29 is 14.6 Å². The van der Waals surface area contributed by atoms with Crippen molar-refractivity contribution in [3.8, 4) is 0 Å². The minimum Gasteiger partial charge on any atom is -0.291 e. The highest BCUT2D eigenvalue weighted by atomic mass is 35.5. The molecule has 0 bridgehead atoms. The van der Waals surface area contributed by atoms with E-state index in [9.17, 15) is 4.79 Å².